The first-order chi connectivity index (χ1) is 15.4. The predicted molar refractivity (Wildman–Crippen MR) is 117 cm³/mol. The molecule has 8 nitrogen and oxygen atoms in total. The van der Waals surface area contributed by atoms with Crippen molar-refractivity contribution in [2.75, 3.05) is 7.11 Å². The summed E-state index contributed by atoms with van der Waals surface area (Å²) in [5.74, 6) is -2.50. The first-order valence-corrected chi connectivity index (χ1v) is 11.4. The highest BCUT2D eigenvalue weighted by Crippen LogP contribution is 2.55. The van der Waals surface area contributed by atoms with Gasteiger partial charge >= 0.3 is 17.9 Å². The molecule has 5 unspecified atom stereocenters. The standard InChI is InChI=1S/C25H34O8/c1-13(2)18(21(23(29)30-7)33-15(4)27)25(6)11-10-24(5)9-8-17(32-14(3)26)16-12-31-20(19(16)24)22(25)28/h12-13,17-18,21H,8-11H2,1-7H3. The summed E-state index contributed by atoms with van der Waals surface area (Å²) in [5, 5.41) is 0. The van der Waals surface area contributed by atoms with Crippen LogP contribution in [0.2, 0.25) is 0 Å². The first-order valence-electron chi connectivity index (χ1n) is 11.4. The van der Waals surface area contributed by atoms with Crippen molar-refractivity contribution in [2.24, 2.45) is 17.3 Å². The zero-order chi connectivity index (χ0) is 24.7. The molecule has 0 fully saturated rings. The van der Waals surface area contributed by atoms with Crippen molar-refractivity contribution in [1.82, 2.24) is 0 Å². The van der Waals surface area contributed by atoms with Gasteiger partial charge in [-0.3, -0.25) is 14.4 Å². The molecule has 0 spiro atoms. The Hall–Kier alpha value is -2.64. The van der Waals surface area contributed by atoms with E-state index in [1.165, 1.54) is 27.2 Å². The first kappa shape index (κ1) is 25.0. The van der Waals surface area contributed by atoms with Crippen LogP contribution in [0.3, 0.4) is 0 Å². The number of methoxy groups -OCH3 is 1. The number of esters is 3. The fourth-order valence-corrected chi connectivity index (χ4v) is 5.91. The van der Waals surface area contributed by atoms with Gasteiger partial charge in [0.2, 0.25) is 11.9 Å². The maximum atomic E-state index is 14.1. The Morgan fingerprint density at radius 1 is 1.09 bits per heavy atom. The number of carbonyl (C=O) groups excluding carboxylic acids is 4. The minimum absolute atomic E-state index is 0.177. The molecule has 2 aliphatic carbocycles. The highest BCUT2D eigenvalue weighted by Gasteiger charge is 2.56. The quantitative estimate of drug-likeness (QED) is 0.455. The lowest BCUT2D eigenvalue weighted by molar-refractivity contribution is -0.173. The van der Waals surface area contributed by atoms with Crippen molar-refractivity contribution >= 4 is 23.7 Å². The summed E-state index contributed by atoms with van der Waals surface area (Å²) in [6.45, 7) is 10.3. The lowest BCUT2D eigenvalue weighted by atomic mass is 9.63. The van der Waals surface area contributed by atoms with Crippen LogP contribution in [-0.2, 0) is 34.0 Å². The molecule has 0 saturated heterocycles. The topological polar surface area (TPSA) is 109 Å². The molecule has 0 bridgehead atoms. The van der Waals surface area contributed by atoms with Gasteiger partial charge in [-0.25, -0.2) is 4.79 Å². The van der Waals surface area contributed by atoms with E-state index >= 15 is 0 Å². The van der Waals surface area contributed by atoms with Crippen molar-refractivity contribution in [3.05, 3.63) is 23.2 Å². The van der Waals surface area contributed by atoms with Crippen LogP contribution in [0.5, 0.6) is 0 Å². The maximum absolute atomic E-state index is 14.1. The van der Waals surface area contributed by atoms with Crippen LogP contribution in [0.4, 0.5) is 0 Å². The Morgan fingerprint density at radius 3 is 2.30 bits per heavy atom. The summed E-state index contributed by atoms with van der Waals surface area (Å²) in [6.07, 6.45) is 2.35. The summed E-state index contributed by atoms with van der Waals surface area (Å²) in [6, 6.07) is 0. The van der Waals surface area contributed by atoms with Crippen molar-refractivity contribution in [2.45, 2.75) is 84.8 Å². The molecule has 0 amide bonds. The molecule has 0 saturated carbocycles. The Kier molecular flexibility index (Phi) is 6.78. The molecule has 33 heavy (non-hydrogen) atoms. The SMILES string of the molecule is COC(=O)C(OC(C)=O)C(C(C)C)C1(C)CCC2(C)CCC(OC(C)=O)c3coc(c32)C1=O. The number of furan rings is 1. The Balaban J connectivity index is 2.13. The Labute approximate surface area is 194 Å². The van der Waals surface area contributed by atoms with E-state index in [-0.39, 0.29) is 28.8 Å². The molecule has 1 aromatic heterocycles. The van der Waals surface area contributed by atoms with Crippen LogP contribution < -0.4 is 0 Å². The van der Waals surface area contributed by atoms with Crippen molar-refractivity contribution in [1.29, 1.82) is 0 Å². The third kappa shape index (κ3) is 4.32. The van der Waals surface area contributed by atoms with Gasteiger partial charge < -0.3 is 18.6 Å². The van der Waals surface area contributed by atoms with Gasteiger partial charge in [-0.1, -0.05) is 27.7 Å². The van der Waals surface area contributed by atoms with Gasteiger partial charge in [0.25, 0.3) is 0 Å². The van der Waals surface area contributed by atoms with Crippen LogP contribution in [-0.4, -0.2) is 36.9 Å². The average molecular weight is 463 g/mol. The van der Waals surface area contributed by atoms with Gasteiger partial charge in [0, 0.05) is 36.3 Å². The van der Waals surface area contributed by atoms with Gasteiger partial charge in [0.1, 0.15) is 6.10 Å². The van der Waals surface area contributed by atoms with E-state index in [0.717, 1.165) is 17.5 Å². The molecule has 1 aromatic rings. The summed E-state index contributed by atoms with van der Waals surface area (Å²) in [7, 11) is 1.24. The number of ether oxygens (including phenoxy) is 3. The van der Waals surface area contributed by atoms with Gasteiger partial charge in [-0.2, -0.15) is 0 Å². The predicted octanol–water partition coefficient (Wildman–Crippen LogP) is 4.30. The number of ketones is 1. The van der Waals surface area contributed by atoms with Crippen LogP contribution in [0, 0.1) is 17.3 Å². The minimum atomic E-state index is -1.22. The van der Waals surface area contributed by atoms with E-state index in [0.29, 0.717) is 19.3 Å². The summed E-state index contributed by atoms with van der Waals surface area (Å²) in [4.78, 5) is 50.2. The van der Waals surface area contributed by atoms with Crippen LogP contribution >= 0.6 is 0 Å². The van der Waals surface area contributed by atoms with Crippen molar-refractivity contribution in [3.63, 3.8) is 0 Å². The number of Topliss-reactive ketones (excluding diaryl/α,β-unsaturated/α-hetero) is 1. The zero-order valence-corrected chi connectivity index (χ0v) is 20.5. The normalized spacial score (nSPS) is 28.4. The van der Waals surface area contributed by atoms with Crippen LogP contribution in [0.25, 0.3) is 0 Å². The summed E-state index contributed by atoms with van der Waals surface area (Å²) >= 11 is 0. The van der Waals surface area contributed by atoms with E-state index in [9.17, 15) is 19.2 Å². The van der Waals surface area contributed by atoms with Gasteiger partial charge in [-0.05, 0) is 37.0 Å². The highest BCUT2D eigenvalue weighted by atomic mass is 16.6. The molecular formula is C25H34O8. The minimum Gasteiger partial charge on any atom is -0.466 e. The Bertz CT molecular complexity index is 960. The van der Waals surface area contributed by atoms with E-state index in [1.807, 2.05) is 20.8 Å². The van der Waals surface area contributed by atoms with E-state index < -0.39 is 35.5 Å². The zero-order valence-electron chi connectivity index (χ0n) is 20.5. The lowest BCUT2D eigenvalue weighted by Crippen LogP contribution is -2.49. The number of hydrogen-bond donors (Lipinski definition) is 0. The Morgan fingerprint density at radius 2 is 1.76 bits per heavy atom. The van der Waals surface area contributed by atoms with Crippen molar-refractivity contribution < 1.29 is 37.8 Å². The molecule has 0 aromatic carbocycles. The molecule has 182 valence electrons. The van der Waals surface area contributed by atoms with Gasteiger partial charge in [0.05, 0.1) is 13.4 Å². The molecule has 8 heteroatoms. The fraction of sp³-hybridized carbons (Fsp3) is 0.680. The second-order valence-corrected chi connectivity index (χ2v) is 10.2. The maximum Gasteiger partial charge on any atom is 0.347 e. The molecular weight excluding hydrogens is 428 g/mol. The number of carbonyl (C=O) groups is 4. The molecule has 0 radical (unpaired) electrons. The number of hydrogen-bond acceptors (Lipinski definition) is 8. The molecule has 0 N–H and O–H groups in total. The second kappa shape index (κ2) is 8.95. The fourth-order valence-electron chi connectivity index (χ4n) is 5.91. The summed E-state index contributed by atoms with van der Waals surface area (Å²) in [5.41, 5.74) is 0.132. The third-order valence-corrected chi connectivity index (χ3v) is 7.46. The largest absolute Gasteiger partial charge is 0.466 e. The van der Waals surface area contributed by atoms with Gasteiger partial charge in [0.15, 0.2) is 5.76 Å². The third-order valence-electron chi connectivity index (χ3n) is 7.46. The average Bonchev–Trinajstić information content (AvgIpc) is 3.16. The number of rotatable bonds is 6. The molecule has 1 heterocycles. The summed E-state index contributed by atoms with van der Waals surface area (Å²) < 4.78 is 21.7. The molecule has 2 aliphatic rings. The highest BCUT2D eigenvalue weighted by molar-refractivity contribution is 6.01. The van der Waals surface area contributed by atoms with Crippen LogP contribution in [0.1, 0.15) is 95.0 Å². The van der Waals surface area contributed by atoms with E-state index in [2.05, 4.69) is 6.92 Å². The van der Waals surface area contributed by atoms with Crippen LogP contribution in [0.15, 0.2) is 10.7 Å². The lowest BCUT2D eigenvalue weighted by Gasteiger charge is -2.41. The monoisotopic (exact) mass is 462 g/mol. The molecule has 5 atom stereocenters. The molecule has 3 rings (SSSR count). The van der Waals surface area contributed by atoms with E-state index in [4.69, 9.17) is 18.6 Å². The van der Waals surface area contributed by atoms with Crippen molar-refractivity contribution in [3.8, 4) is 0 Å². The van der Waals surface area contributed by atoms with Gasteiger partial charge in [-0.15, -0.1) is 0 Å². The van der Waals surface area contributed by atoms with E-state index in [1.54, 1.807) is 0 Å². The molecule has 0 aliphatic heterocycles. The smallest absolute Gasteiger partial charge is 0.347 e. The second-order valence-electron chi connectivity index (χ2n) is 10.2.